The summed E-state index contributed by atoms with van der Waals surface area (Å²) in [5.41, 5.74) is 8.21. The van der Waals surface area contributed by atoms with Crippen molar-refractivity contribution in [1.29, 1.82) is 0 Å². The molecule has 3 rings (SSSR count). The quantitative estimate of drug-likeness (QED) is 0.341. The molecule has 1 aliphatic carbocycles. The molecule has 2 heteroatoms. The van der Waals surface area contributed by atoms with Crippen LogP contribution in [0.15, 0.2) is 83.0 Å². The van der Waals surface area contributed by atoms with Gasteiger partial charge in [-0.15, -0.1) is 12.1 Å². The first-order valence-corrected chi connectivity index (χ1v) is 14.5. The van der Waals surface area contributed by atoms with Crippen LogP contribution in [0.25, 0.3) is 0 Å². The van der Waals surface area contributed by atoms with E-state index in [-0.39, 0.29) is 0 Å². The summed E-state index contributed by atoms with van der Waals surface area (Å²) in [5.74, 6) is 1.47. The molecule has 0 bridgehead atoms. The van der Waals surface area contributed by atoms with E-state index < -0.39 is 18.2 Å². The van der Waals surface area contributed by atoms with Gasteiger partial charge in [-0.1, -0.05) is 24.1 Å². The number of benzene rings is 2. The van der Waals surface area contributed by atoms with Crippen molar-refractivity contribution in [1.82, 2.24) is 0 Å². The van der Waals surface area contributed by atoms with Crippen molar-refractivity contribution in [2.24, 2.45) is 0 Å². The van der Waals surface area contributed by atoms with Gasteiger partial charge in [0.25, 0.3) is 0 Å². The molecular weight excluding hydrogens is 505 g/mol. The van der Waals surface area contributed by atoms with E-state index in [0.29, 0.717) is 0 Å². The number of hydrogen-bond acceptors (Lipinski definition) is 0. The van der Waals surface area contributed by atoms with Crippen LogP contribution in [0.3, 0.4) is 0 Å². The summed E-state index contributed by atoms with van der Waals surface area (Å²) < 4.78 is 2.15. The molecule has 0 aliphatic heterocycles. The van der Waals surface area contributed by atoms with Gasteiger partial charge in [0, 0.05) is 5.92 Å². The Balaban J connectivity index is 0.000000198. The third kappa shape index (κ3) is 7.51. The zero-order valence-electron chi connectivity index (χ0n) is 16.4. The topological polar surface area (TPSA) is 0 Å². The Hall–Kier alpha value is -1.31. The fourth-order valence-corrected chi connectivity index (χ4v) is 4.43. The van der Waals surface area contributed by atoms with Crippen LogP contribution in [0.1, 0.15) is 45.7 Å². The van der Waals surface area contributed by atoms with E-state index in [2.05, 4.69) is 57.9 Å². The van der Waals surface area contributed by atoms with E-state index in [1.165, 1.54) is 33.8 Å². The molecule has 0 aromatic heterocycles. The number of rotatable bonds is 1. The molecule has 0 saturated heterocycles. The van der Waals surface area contributed by atoms with Gasteiger partial charge in [0.15, 0.2) is 0 Å². The van der Waals surface area contributed by atoms with Gasteiger partial charge in [-0.25, -0.2) is 0 Å². The molecule has 0 saturated carbocycles. The zero-order valence-corrected chi connectivity index (χ0v) is 20.4. The van der Waals surface area contributed by atoms with Gasteiger partial charge in [-0.3, -0.25) is 0 Å². The van der Waals surface area contributed by atoms with E-state index in [1.54, 1.807) is 0 Å². The first-order valence-electron chi connectivity index (χ1n) is 8.64. The third-order valence-electron chi connectivity index (χ3n) is 4.65. The number of halogens is 1. The summed E-state index contributed by atoms with van der Waals surface area (Å²) in [7, 11) is 5.66. The summed E-state index contributed by atoms with van der Waals surface area (Å²) in [5, 5.41) is 0. The number of allylic oxidation sites excluding steroid dienone is 4. The van der Waals surface area contributed by atoms with Crippen LogP contribution in [0.5, 0.6) is 0 Å². The molecule has 2 aromatic rings. The molecule has 0 unspecified atom stereocenters. The maximum absolute atomic E-state index is 5.66. The van der Waals surface area contributed by atoms with Crippen LogP contribution in [0.2, 0.25) is 0 Å². The van der Waals surface area contributed by atoms with Crippen molar-refractivity contribution >= 4 is 13.4 Å². The summed E-state index contributed by atoms with van der Waals surface area (Å²) in [6, 6.07) is 20.1. The SMILES string of the molecule is C[C]1C(C)=C(C)C(C)=C1C.[CH2-]c1ccccc1.[Cl][Ta]=[CH]c1ccccc1. The molecule has 1 aliphatic rings. The van der Waals surface area contributed by atoms with Gasteiger partial charge < -0.3 is 0 Å². The molecule has 0 N–H and O–H groups in total. The first-order chi connectivity index (χ1) is 12.4. The molecule has 137 valence electrons. The first kappa shape index (κ1) is 22.7. The van der Waals surface area contributed by atoms with Crippen LogP contribution in [0, 0.1) is 12.8 Å². The molecule has 0 fully saturated rings. The second-order valence-corrected chi connectivity index (χ2v) is 9.47. The van der Waals surface area contributed by atoms with Gasteiger partial charge in [0.05, 0.1) is 0 Å². The van der Waals surface area contributed by atoms with Crippen LogP contribution >= 0.6 is 9.19 Å². The molecule has 0 nitrogen and oxygen atoms in total. The molecule has 26 heavy (non-hydrogen) atoms. The predicted octanol–water partition coefficient (Wildman–Crippen LogP) is 7.21. The standard InChI is InChI=1S/C10H15.C7H7.C7H6.ClH.Ta/c1-6-7(2)9(4)10(5)8(6)3;2*1-7-5-3-2-4-6-7;;/h1-5H3;2-6H,1H2;1-6H;1H;/q;-1;;;+1/p-1. The molecular formula is C24H28ClTa-. The predicted molar refractivity (Wildman–Crippen MR) is 114 cm³/mol. The molecule has 2 aromatic carbocycles. The third-order valence-corrected chi connectivity index (χ3v) is 6.87. The fourth-order valence-electron chi connectivity index (χ4n) is 2.48. The van der Waals surface area contributed by atoms with Crippen molar-refractivity contribution in [2.45, 2.75) is 34.6 Å². The van der Waals surface area contributed by atoms with E-state index in [1.807, 2.05) is 48.5 Å². The molecule has 1 radical (unpaired) electrons. The normalized spacial score (nSPS) is 14.1. The summed E-state index contributed by atoms with van der Waals surface area (Å²) in [4.78, 5) is 0. The van der Waals surface area contributed by atoms with Crippen molar-refractivity contribution in [2.75, 3.05) is 0 Å². The van der Waals surface area contributed by atoms with E-state index in [9.17, 15) is 0 Å². The zero-order chi connectivity index (χ0) is 19.5. The molecule has 0 atom stereocenters. The van der Waals surface area contributed by atoms with Crippen molar-refractivity contribution in [3.05, 3.63) is 107 Å². The summed E-state index contributed by atoms with van der Waals surface area (Å²) >= 11 is -0.744. The Labute approximate surface area is 172 Å². The van der Waals surface area contributed by atoms with Gasteiger partial charge in [0.1, 0.15) is 0 Å². The second-order valence-electron chi connectivity index (χ2n) is 6.25. The van der Waals surface area contributed by atoms with Crippen LogP contribution < -0.4 is 0 Å². The Bertz CT molecular complexity index is 731. The molecule has 0 amide bonds. The summed E-state index contributed by atoms with van der Waals surface area (Å²) in [6.45, 7) is 14.7. The van der Waals surface area contributed by atoms with Crippen molar-refractivity contribution in [3.8, 4) is 0 Å². The molecule has 0 heterocycles. The van der Waals surface area contributed by atoms with E-state index in [0.717, 1.165) is 5.56 Å². The Morgan fingerprint density at radius 2 is 1.12 bits per heavy atom. The average Bonchev–Trinajstić information content (AvgIpc) is 2.82. The average molecular weight is 533 g/mol. The van der Waals surface area contributed by atoms with E-state index >= 15 is 0 Å². The summed E-state index contributed by atoms with van der Waals surface area (Å²) in [6.07, 6.45) is 0. The van der Waals surface area contributed by atoms with Crippen LogP contribution in [0.4, 0.5) is 0 Å². The van der Waals surface area contributed by atoms with Crippen LogP contribution in [-0.2, 0) is 18.2 Å². The monoisotopic (exact) mass is 532 g/mol. The van der Waals surface area contributed by atoms with Gasteiger partial charge in [-0.05, 0) is 38.8 Å². The second kappa shape index (κ2) is 12.1. The van der Waals surface area contributed by atoms with Crippen LogP contribution in [-0.4, -0.2) is 4.23 Å². The van der Waals surface area contributed by atoms with Crippen molar-refractivity contribution in [3.63, 3.8) is 0 Å². The Morgan fingerprint density at radius 1 is 0.692 bits per heavy atom. The van der Waals surface area contributed by atoms with Gasteiger partial charge in [0.2, 0.25) is 0 Å². The Morgan fingerprint density at radius 3 is 1.38 bits per heavy atom. The van der Waals surface area contributed by atoms with Gasteiger partial charge >= 0.3 is 67.5 Å². The van der Waals surface area contributed by atoms with Crippen molar-refractivity contribution < 1.29 is 18.2 Å². The minimum absolute atomic E-state index is 0.744. The van der Waals surface area contributed by atoms with Gasteiger partial charge in [-0.2, -0.15) is 24.6 Å². The minimum atomic E-state index is -0.744. The molecule has 0 spiro atoms. The Kier molecular flexibility index (Phi) is 10.6. The fraction of sp³-hybridized carbons (Fsp3) is 0.208. The maximum atomic E-state index is 5.66. The number of hydrogen-bond donors (Lipinski definition) is 0. The van der Waals surface area contributed by atoms with E-state index in [4.69, 9.17) is 9.19 Å².